The molecular formula is C54H87LaO9S3. The second-order valence-electron chi connectivity index (χ2n) is 18.1. The number of hydrogen-bond acceptors (Lipinski definition) is 9. The Morgan fingerprint density at radius 2 is 0.418 bits per heavy atom. The van der Waals surface area contributed by atoms with E-state index in [0.717, 1.165) is 55.2 Å². The maximum absolute atomic E-state index is 10.8. The van der Waals surface area contributed by atoms with Crippen LogP contribution in [-0.4, -0.2) is 38.9 Å². The molecule has 67 heavy (non-hydrogen) atoms. The average Bonchev–Trinajstić information content (AvgIpc) is 3.28. The summed E-state index contributed by atoms with van der Waals surface area (Å²) in [5, 5.41) is 0. The van der Waals surface area contributed by atoms with Crippen LogP contribution >= 0.6 is 0 Å². The molecule has 3 aromatic carbocycles. The van der Waals surface area contributed by atoms with Crippen molar-refractivity contribution in [3.8, 4) is 0 Å². The van der Waals surface area contributed by atoms with Gasteiger partial charge in [0.2, 0.25) is 0 Å². The summed E-state index contributed by atoms with van der Waals surface area (Å²) in [6.45, 7) is 6.73. The van der Waals surface area contributed by atoms with Gasteiger partial charge in [-0.3, -0.25) is 0 Å². The second kappa shape index (κ2) is 41.2. The first kappa shape index (κ1) is 65.6. The molecule has 3 aromatic rings. The smallest absolute Gasteiger partial charge is 0.744 e. The molecule has 0 unspecified atom stereocenters. The van der Waals surface area contributed by atoms with Crippen LogP contribution < -0.4 is 0 Å². The molecule has 0 bridgehead atoms. The third kappa shape index (κ3) is 37.1. The van der Waals surface area contributed by atoms with Crippen LogP contribution in [0.25, 0.3) is 0 Å². The number of benzene rings is 3. The van der Waals surface area contributed by atoms with Crippen LogP contribution in [0.15, 0.2) is 87.5 Å². The monoisotopic (exact) mass is 1110 g/mol. The Morgan fingerprint density at radius 1 is 0.269 bits per heavy atom. The molecule has 0 amide bonds. The van der Waals surface area contributed by atoms with Crippen molar-refractivity contribution in [1.82, 2.24) is 0 Å². The Morgan fingerprint density at radius 3 is 0.567 bits per heavy atom. The van der Waals surface area contributed by atoms with E-state index >= 15 is 0 Å². The summed E-state index contributed by atoms with van der Waals surface area (Å²) >= 11 is 0. The van der Waals surface area contributed by atoms with Crippen molar-refractivity contribution in [3.63, 3.8) is 0 Å². The predicted molar refractivity (Wildman–Crippen MR) is 270 cm³/mol. The van der Waals surface area contributed by atoms with Crippen LogP contribution in [0.3, 0.4) is 0 Å². The van der Waals surface area contributed by atoms with Crippen LogP contribution in [0, 0.1) is 35.6 Å². The van der Waals surface area contributed by atoms with E-state index < -0.39 is 30.4 Å². The third-order valence-corrected chi connectivity index (χ3v) is 14.6. The van der Waals surface area contributed by atoms with E-state index in [1.165, 1.54) is 210 Å². The number of unbranched alkanes of at least 4 members (excludes halogenated alkanes) is 27. The summed E-state index contributed by atoms with van der Waals surface area (Å²) in [6, 6.07) is 19.0. The minimum absolute atomic E-state index is 0. The zero-order chi connectivity index (χ0) is 48.8. The van der Waals surface area contributed by atoms with Crippen molar-refractivity contribution in [2.24, 2.45) is 0 Å². The van der Waals surface area contributed by atoms with Gasteiger partial charge in [-0.2, -0.15) is 0 Å². The van der Waals surface area contributed by atoms with Gasteiger partial charge in [-0.25, -0.2) is 25.3 Å². The predicted octanol–water partition coefficient (Wildman–Crippen LogP) is 15.2. The minimum Gasteiger partial charge on any atom is -0.744 e. The molecule has 378 valence electrons. The number of aryl methyl sites for hydroxylation is 3. The standard InChI is InChI=1S/3C18H30O3S.La/c3*1-2-3-4-5-6-7-8-9-10-11-12-17-13-15-18(16-14-17)22(19,20)21;/h3*13-16H,2-12H2,1H3,(H,19,20,21);/q;;;+3/p-3. The molecule has 0 saturated carbocycles. The van der Waals surface area contributed by atoms with Gasteiger partial charge in [0.25, 0.3) is 0 Å². The Hall–Kier alpha value is -1.42. The molecule has 13 heteroatoms. The Balaban J connectivity index is 0.000000968. The molecule has 0 aliphatic carbocycles. The van der Waals surface area contributed by atoms with E-state index in [9.17, 15) is 38.9 Å². The van der Waals surface area contributed by atoms with Crippen LogP contribution in [0.2, 0.25) is 0 Å². The van der Waals surface area contributed by atoms with Gasteiger partial charge < -0.3 is 13.7 Å². The van der Waals surface area contributed by atoms with E-state index in [1.54, 1.807) is 36.4 Å². The van der Waals surface area contributed by atoms with E-state index in [2.05, 4.69) is 20.8 Å². The molecule has 0 radical (unpaired) electrons. The summed E-state index contributed by atoms with van der Waals surface area (Å²) in [4.78, 5) is -0.419. The van der Waals surface area contributed by atoms with Gasteiger partial charge in [0.15, 0.2) is 0 Å². The summed E-state index contributed by atoms with van der Waals surface area (Å²) in [5.41, 5.74) is 3.31. The van der Waals surface area contributed by atoms with Gasteiger partial charge >= 0.3 is 35.6 Å². The first-order chi connectivity index (χ1) is 31.6. The molecule has 0 heterocycles. The van der Waals surface area contributed by atoms with Gasteiger partial charge in [-0.15, -0.1) is 0 Å². The molecule has 0 aliphatic heterocycles. The number of rotatable bonds is 36. The molecule has 0 atom stereocenters. The topological polar surface area (TPSA) is 172 Å². The maximum Gasteiger partial charge on any atom is 3.00 e. The summed E-state index contributed by atoms with van der Waals surface area (Å²) in [7, 11) is -12.9. The van der Waals surface area contributed by atoms with Crippen LogP contribution in [-0.2, 0) is 49.6 Å². The fourth-order valence-electron chi connectivity index (χ4n) is 7.92. The molecule has 9 nitrogen and oxygen atoms in total. The van der Waals surface area contributed by atoms with Crippen molar-refractivity contribution >= 4 is 30.4 Å². The minimum atomic E-state index is -4.31. The van der Waals surface area contributed by atoms with E-state index in [4.69, 9.17) is 0 Å². The van der Waals surface area contributed by atoms with Gasteiger partial charge in [0.05, 0.1) is 14.7 Å². The van der Waals surface area contributed by atoms with Crippen molar-refractivity contribution in [3.05, 3.63) is 89.5 Å². The van der Waals surface area contributed by atoms with Crippen molar-refractivity contribution in [2.45, 2.75) is 247 Å². The SMILES string of the molecule is CCCCCCCCCCCCc1ccc(S(=O)(=O)[O-])cc1.CCCCCCCCCCCCc1ccc(S(=O)(=O)[O-])cc1.CCCCCCCCCCCCc1ccc(S(=O)(=O)[O-])cc1.[La+3]. The zero-order valence-corrected chi connectivity index (χ0v) is 47.8. The van der Waals surface area contributed by atoms with Gasteiger partial charge in [0, 0.05) is 0 Å². The molecular weight excluding hydrogens is 1030 g/mol. The van der Waals surface area contributed by atoms with Crippen molar-refractivity contribution in [1.29, 1.82) is 0 Å². The average molecular weight is 1120 g/mol. The molecule has 0 saturated heterocycles. The molecule has 3 rings (SSSR count). The van der Waals surface area contributed by atoms with E-state index in [1.807, 2.05) is 0 Å². The largest absolute Gasteiger partial charge is 3.00 e. The summed E-state index contributed by atoms with van der Waals surface area (Å²) in [5.74, 6) is 0. The quantitative estimate of drug-likeness (QED) is 0.0406. The number of hydrogen-bond donors (Lipinski definition) is 0. The van der Waals surface area contributed by atoms with Crippen LogP contribution in [0.4, 0.5) is 0 Å². The third-order valence-electron chi connectivity index (χ3n) is 12.1. The summed E-state index contributed by atoms with van der Waals surface area (Å²) in [6.07, 6.45) is 42.1. The summed E-state index contributed by atoms with van der Waals surface area (Å²) < 4.78 is 97.5. The normalized spacial score (nSPS) is 11.6. The second-order valence-corrected chi connectivity index (χ2v) is 22.2. The fourth-order valence-corrected chi connectivity index (χ4v) is 9.33. The Bertz CT molecular complexity index is 1710. The van der Waals surface area contributed by atoms with Crippen LogP contribution in [0.1, 0.15) is 230 Å². The van der Waals surface area contributed by atoms with Gasteiger partial charge in [0.1, 0.15) is 30.4 Å². The Kier molecular flexibility index (Phi) is 40.4. The van der Waals surface area contributed by atoms with E-state index in [-0.39, 0.29) is 50.3 Å². The maximum atomic E-state index is 10.8. The molecule has 0 N–H and O–H groups in total. The fraction of sp³-hybridized carbons (Fsp3) is 0.667. The van der Waals surface area contributed by atoms with Gasteiger partial charge in [-0.1, -0.05) is 231 Å². The van der Waals surface area contributed by atoms with Crippen LogP contribution in [0.5, 0.6) is 0 Å². The Labute approximate surface area is 438 Å². The molecule has 0 fully saturated rings. The van der Waals surface area contributed by atoms with Gasteiger partial charge in [-0.05, 0) is 91.6 Å². The van der Waals surface area contributed by atoms with E-state index in [0.29, 0.717) is 0 Å². The van der Waals surface area contributed by atoms with Crippen molar-refractivity contribution in [2.75, 3.05) is 0 Å². The molecule has 0 aliphatic rings. The zero-order valence-electron chi connectivity index (χ0n) is 41.7. The van der Waals surface area contributed by atoms with Crippen molar-refractivity contribution < 1.29 is 74.5 Å². The molecule has 0 aromatic heterocycles. The molecule has 0 spiro atoms. The first-order valence-corrected chi connectivity index (χ1v) is 30.0. The first-order valence-electron chi connectivity index (χ1n) is 25.8.